The van der Waals surface area contributed by atoms with Gasteiger partial charge < -0.3 is 1.43 Å². The van der Waals surface area contributed by atoms with Gasteiger partial charge in [-0.1, -0.05) is 17.7 Å². The summed E-state index contributed by atoms with van der Waals surface area (Å²) in [6.45, 7) is 5.46. The second-order valence-corrected chi connectivity index (χ2v) is 4.30. The van der Waals surface area contributed by atoms with Gasteiger partial charge in [-0.2, -0.15) is 4.89 Å². The molecule has 3 nitrogen and oxygen atoms in total. The van der Waals surface area contributed by atoms with Crippen LogP contribution in [0.15, 0.2) is 12.1 Å². The van der Waals surface area contributed by atoms with Crippen LogP contribution in [-0.4, -0.2) is 10.4 Å². The number of carbonyl (C=O) groups is 1. The number of hydrogen-bond acceptors (Lipinski definition) is 2. The van der Waals surface area contributed by atoms with Gasteiger partial charge in [0.05, 0.1) is 5.56 Å². The Bertz CT molecular complexity index is 398. The summed E-state index contributed by atoms with van der Waals surface area (Å²) in [6, 6.07) is 3.66. The molecule has 0 spiro atoms. The zero-order valence-electron chi connectivity index (χ0n) is 10.4. The van der Waals surface area contributed by atoms with E-state index in [0.717, 1.165) is 16.7 Å². The Labute approximate surface area is 114 Å². The van der Waals surface area contributed by atoms with E-state index in [-0.39, 0.29) is 31.0 Å². The van der Waals surface area contributed by atoms with E-state index in [2.05, 4.69) is 0 Å². The molecular formula is C10H13NaO3P+. The van der Waals surface area contributed by atoms with Crippen molar-refractivity contribution in [2.45, 2.75) is 20.8 Å². The van der Waals surface area contributed by atoms with E-state index in [9.17, 15) is 9.36 Å². The predicted molar refractivity (Wildman–Crippen MR) is 55.9 cm³/mol. The standard InChI is InChI=1S/C10H11O3P.Na.H/c1-6-4-7(2)9(8(3)5-6)10(11)14(12)13;;/h4-5H,1-3H3;;/q;+1;-1/p+1. The zero-order chi connectivity index (χ0) is 10.9. The van der Waals surface area contributed by atoms with Crippen molar-refractivity contribution < 1.29 is 45.2 Å². The molecule has 1 N–H and O–H groups in total. The normalized spacial score (nSPS) is 10.5. The predicted octanol–water partition coefficient (Wildman–Crippen LogP) is -0.397. The third-order valence-electron chi connectivity index (χ3n) is 2.06. The van der Waals surface area contributed by atoms with Gasteiger partial charge in [-0.3, -0.25) is 0 Å². The molecule has 0 amide bonds. The van der Waals surface area contributed by atoms with Crippen LogP contribution in [0.25, 0.3) is 0 Å². The summed E-state index contributed by atoms with van der Waals surface area (Å²) < 4.78 is 10.7. The Balaban J connectivity index is 0. The van der Waals surface area contributed by atoms with Crippen molar-refractivity contribution in [3.05, 3.63) is 34.4 Å². The number of rotatable bonds is 2. The van der Waals surface area contributed by atoms with Crippen LogP contribution in [-0.2, 0) is 4.57 Å². The van der Waals surface area contributed by atoms with Crippen LogP contribution in [0.3, 0.4) is 0 Å². The molecule has 0 aliphatic rings. The first-order valence-electron chi connectivity index (χ1n) is 4.22. The molecule has 1 aromatic carbocycles. The molecule has 76 valence electrons. The van der Waals surface area contributed by atoms with Crippen LogP contribution in [0.1, 0.15) is 28.5 Å². The Morgan fingerprint density at radius 2 is 1.67 bits per heavy atom. The Kier molecular flexibility index (Phi) is 5.86. The van der Waals surface area contributed by atoms with Gasteiger partial charge in [-0.05, 0) is 36.5 Å². The van der Waals surface area contributed by atoms with E-state index in [1.807, 2.05) is 19.1 Å². The molecule has 1 aromatic rings. The van der Waals surface area contributed by atoms with E-state index in [1.165, 1.54) is 0 Å². The molecule has 0 aliphatic carbocycles. The molecule has 0 fully saturated rings. The molecule has 0 radical (unpaired) electrons. The van der Waals surface area contributed by atoms with E-state index in [4.69, 9.17) is 4.89 Å². The summed E-state index contributed by atoms with van der Waals surface area (Å²) in [5.41, 5.74) is 2.24. The zero-order valence-corrected chi connectivity index (χ0v) is 12.3. The number of benzene rings is 1. The van der Waals surface area contributed by atoms with Gasteiger partial charge in [-0.15, -0.1) is 0 Å². The fraction of sp³-hybridized carbons (Fsp3) is 0.300. The summed E-state index contributed by atoms with van der Waals surface area (Å²) >= 11 is 0. The van der Waals surface area contributed by atoms with Crippen LogP contribution in [0.2, 0.25) is 0 Å². The van der Waals surface area contributed by atoms with Gasteiger partial charge in [0.25, 0.3) is 0 Å². The van der Waals surface area contributed by atoms with Gasteiger partial charge >= 0.3 is 43.1 Å². The molecule has 0 heterocycles. The maximum absolute atomic E-state index is 11.4. The molecule has 0 saturated carbocycles. The second kappa shape index (κ2) is 5.88. The first-order valence-corrected chi connectivity index (χ1v) is 5.43. The van der Waals surface area contributed by atoms with Crippen LogP contribution in [0.4, 0.5) is 0 Å². The molecular weight excluding hydrogens is 222 g/mol. The van der Waals surface area contributed by atoms with Crippen molar-refractivity contribution in [2.24, 2.45) is 0 Å². The van der Waals surface area contributed by atoms with Gasteiger partial charge in [0.15, 0.2) is 0 Å². The first kappa shape index (κ1) is 14.9. The molecule has 1 rings (SSSR count). The molecule has 0 bridgehead atoms. The monoisotopic (exact) mass is 235 g/mol. The van der Waals surface area contributed by atoms with Crippen molar-refractivity contribution >= 4 is 13.6 Å². The molecule has 1 unspecified atom stereocenters. The quantitative estimate of drug-likeness (QED) is 0.560. The minimum atomic E-state index is -2.77. The van der Waals surface area contributed by atoms with Crippen LogP contribution in [0, 0.1) is 20.8 Å². The van der Waals surface area contributed by atoms with E-state index < -0.39 is 13.6 Å². The smallest absolute Gasteiger partial charge is 1.00 e. The van der Waals surface area contributed by atoms with Crippen molar-refractivity contribution in [1.82, 2.24) is 0 Å². The molecule has 0 aliphatic heterocycles. The number of aryl methyl sites for hydroxylation is 3. The van der Waals surface area contributed by atoms with E-state index in [0.29, 0.717) is 5.56 Å². The Morgan fingerprint density at radius 1 is 1.27 bits per heavy atom. The SMILES string of the molecule is Cc1cc(C)c(C(=O)[P+](=O)O)c(C)c1.[H-].[Na+]. The Hall–Kier alpha value is -0.0500. The van der Waals surface area contributed by atoms with Crippen molar-refractivity contribution in [1.29, 1.82) is 0 Å². The molecule has 1 atom stereocenters. The third-order valence-corrected chi connectivity index (χ3v) is 2.64. The maximum Gasteiger partial charge on any atom is 1.00 e. The molecule has 0 aromatic heterocycles. The van der Waals surface area contributed by atoms with E-state index >= 15 is 0 Å². The molecule has 15 heavy (non-hydrogen) atoms. The minimum Gasteiger partial charge on any atom is -1.00 e. The topological polar surface area (TPSA) is 54.4 Å². The summed E-state index contributed by atoms with van der Waals surface area (Å²) in [6.07, 6.45) is 0. The van der Waals surface area contributed by atoms with Crippen molar-refractivity contribution in [3.8, 4) is 0 Å². The summed E-state index contributed by atoms with van der Waals surface area (Å²) in [5, 5.41) is 0. The fourth-order valence-electron chi connectivity index (χ4n) is 1.61. The van der Waals surface area contributed by atoms with Gasteiger partial charge in [-0.25, -0.2) is 4.79 Å². The molecule has 5 heteroatoms. The third kappa shape index (κ3) is 3.47. The average Bonchev–Trinajstić information content (AvgIpc) is 2.01. The average molecular weight is 235 g/mol. The minimum absolute atomic E-state index is 0. The summed E-state index contributed by atoms with van der Waals surface area (Å²) in [4.78, 5) is 20.1. The summed E-state index contributed by atoms with van der Waals surface area (Å²) in [5.74, 6) is 0. The van der Waals surface area contributed by atoms with Gasteiger partial charge in [0, 0.05) is 0 Å². The first-order chi connectivity index (χ1) is 6.43. The van der Waals surface area contributed by atoms with Crippen molar-refractivity contribution in [3.63, 3.8) is 0 Å². The van der Waals surface area contributed by atoms with Gasteiger partial charge in [0.2, 0.25) is 0 Å². The van der Waals surface area contributed by atoms with E-state index in [1.54, 1.807) is 13.8 Å². The molecule has 0 saturated heterocycles. The number of carbonyl (C=O) groups excluding carboxylic acids is 1. The van der Waals surface area contributed by atoms with Crippen LogP contribution in [0.5, 0.6) is 0 Å². The summed E-state index contributed by atoms with van der Waals surface area (Å²) in [7, 11) is -2.77. The van der Waals surface area contributed by atoms with Crippen LogP contribution >= 0.6 is 8.03 Å². The van der Waals surface area contributed by atoms with Gasteiger partial charge in [0.1, 0.15) is 0 Å². The Morgan fingerprint density at radius 3 is 2.00 bits per heavy atom. The fourth-order valence-corrected chi connectivity index (χ4v) is 2.16. The van der Waals surface area contributed by atoms with Crippen LogP contribution < -0.4 is 29.6 Å². The largest absolute Gasteiger partial charge is 1.00 e. The maximum atomic E-state index is 11.4. The second-order valence-electron chi connectivity index (χ2n) is 3.35. The number of hydrogen-bond donors (Lipinski definition) is 1. The van der Waals surface area contributed by atoms with Crippen molar-refractivity contribution in [2.75, 3.05) is 0 Å².